The van der Waals surface area contributed by atoms with Crippen molar-refractivity contribution in [1.29, 1.82) is 0 Å². The third-order valence-electron chi connectivity index (χ3n) is 5.77. The van der Waals surface area contributed by atoms with Crippen LogP contribution >= 0.6 is 11.3 Å². The molecule has 1 fully saturated rings. The Hall–Kier alpha value is -2.89. The monoisotopic (exact) mass is 500 g/mol. The molecule has 0 aromatic carbocycles. The number of nitrogens with zero attached hydrogens (tertiary/aromatic N) is 6. The van der Waals surface area contributed by atoms with Gasteiger partial charge in [0, 0.05) is 69.1 Å². The summed E-state index contributed by atoms with van der Waals surface area (Å²) in [5.41, 5.74) is 14.5. The number of piperazine rings is 1. The second-order valence-electron chi connectivity index (χ2n) is 8.63. The first-order valence-electron chi connectivity index (χ1n) is 12.0. The standard InChI is InChI=1S/C20H26N8OS.C4H10O/c1-11(2)19(29)28-6-4-27(5-7-28)10-14-12(3)15-16(30-14)17(21)26-18(25-15)13-8-23-20(22)24-9-13;1-3-5-4-2/h8-9,11H,4-7,10H2,1-3H3,(H2,21,25,26)(H2,22,23,24);3-4H2,1-2H3. The van der Waals surface area contributed by atoms with Crippen LogP contribution in [-0.2, 0) is 16.1 Å². The van der Waals surface area contributed by atoms with E-state index in [0.29, 0.717) is 17.2 Å². The van der Waals surface area contributed by atoms with Crippen LogP contribution in [0.4, 0.5) is 11.8 Å². The van der Waals surface area contributed by atoms with Crippen LogP contribution in [0.1, 0.15) is 38.1 Å². The average molecular weight is 501 g/mol. The minimum atomic E-state index is 0.0450. The number of thiophene rings is 1. The van der Waals surface area contributed by atoms with Crippen LogP contribution in [0.2, 0.25) is 0 Å². The van der Waals surface area contributed by atoms with Gasteiger partial charge in [-0.1, -0.05) is 13.8 Å². The molecule has 1 amide bonds. The van der Waals surface area contributed by atoms with Gasteiger partial charge in [0.1, 0.15) is 5.82 Å². The highest BCUT2D eigenvalue weighted by atomic mass is 32.1. The van der Waals surface area contributed by atoms with Crippen LogP contribution < -0.4 is 11.5 Å². The molecular weight excluding hydrogens is 464 g/mol. The lowest BCUT2D eigenvalue weighted by atomic mass is 10.1. The molecule has 0 atom stereocenters. The van der Waals surface area contributed by atoms with Gasteiger partial charge in [-0.05, 0) is 26.3 Å². The van der Waals surface area contributed by atoms with E-state index in [4.69, 9.17) is 21.2 Å². The smallest absolute Gasteiger partial charge is 0.225 e. The lowest BCUT2D eigenvalue weighted by molar-refractivity contribution is -0.136. The van der Waals surface area contributed by atoms with Gasteiger partial charge in [0.15, 0.2) is 5.82 Å². The highest BCUT2D eigenvalue weighted by Crippen LogP contribution is 2.35. The van der Waals surface area contributed by atoms with E-state index in [-0.39, 0.29) is 17.8 Å². The third kappa shape index (κ3) is 6.62. The van der Waals surface area contributed by atoms with Crippen molar-refractivity contribution in [2.24, 2.45) is 5.92 Å². The number of hydrogen-bond donors (Lipinski definition) is 2. The van der Waals surface area contributed by atoms with Gasteiger partial charge in [-0.2, -0.15) is 0 Å². The van der Waals surface area contributed by atoms with E-state index in [1.807, 2.05) is 32.6 Å². The highest BCUT2D eigenvalue weighted by Gasteiger charge is 2.24. The molecule has 10 nitrogen and oxygen atoms in total. The molecule has 0 bridgehead atoms. The number of carbonyl (C=O) groups excluding carboxylic acids is 1. The van der Waals surface area contributed by atoms with Crippen molar-refractivity contribution < 1.29 is 9.53 Å². The van der Waals surface area contributed by atoms with Crippen molar-refractivity contribution in [2.75, 3.05) is 50.9 Å². The zero-order valence-corrected chi connectivity index (χ0v) is 22.1. The van der Waals surface area contributed by atoms with Gasteiger partial charge < -0.3 is 21.1 Å². The van der Waals surface area contributed by atoms with Crippen molar-refractivity contribution in [3.63, 3.8) is 0 Å². The molecule has 190 valence electrons. The first kappa shape index (κ1) is 26.7. The summed E-state index contributed by atoms with van der Waals surface area (Å²) in [6.45, 7) is 15.7. The Labute approximate surface area is 210 Å². The number of aromatic nitrogens is 4. The fourth-order valence-electron chi connectivity index (χ4n) is 3.79. The number of carbonyl (C=O) groups is 1. The van der Waals surface area contributed by atoms with Gasteiger partial charge in [0.25, 0.3) is 0 Å². The number of hydrogen-bond acceptors (Lipinski definition) is 10. The summed E-state index contributed by atoms with van der Waals surface area (Å²) in [7, 11) is 0. The van der Waals surface area contributed by atoms with E-state index in [2.05, 4.69) is 26.8 Å². The summed E-state index contributed by atoms with van der Waals surface area (Å²) in [5, 5.41) is 0. The quantitative estimate of drug-likeness (QED) is 0.523. The SMILES string of the molecule is CCOCC.Cc1c(CN2CCN(C(=O)C(C)C)CC2)sc2c(N)nc(-c3cnc(N)nc3)nc12. The summed E-state index contributed by atoms with van der Waals surface area (Å²) >= 11 is 1.64. The summed E-state index contributed by atoms with van der Waals surface area (Å²) in [5.74, 6) is 1.43. The number of nitrogen functional groups attached to an aromatic ring is 2. The first-order chi connectivity index (χ1) is 16.7. The summed E-state index contributed by atoms with van der Waals surface area (Å²) in [6, 6.07) is 0. The number of nitrogens with two attached hydrogens (primary N) is 2. The van der Waals surface area contributed by atoms with Crippen LogP contribution in [0, 0.1) is 12.8 Å². The number of ether oxygens (including phenoxy) is 1. The van der Waals surface area contributed by atoms with E-state index in [1.165, 1.54) is 4.88 Å². The maximum atomic E-state index is 12.2. The molecule has 4 rings (SSSR count). The molecule has 0 aliphatic carbocycles. The largest absolute Gasteiger partial charge is 0.382 e. The molecule has 4 N–H and O–H groups in total. The van der Waals surface area contributed by atoms with Gasteiger partial charge in [0.2, 0.25) is 11.9 Å². The van der Waals surface area contributed by atoms with Crippen molar-refractivity contribution in [1.82, 2.24) is 29.7 Å². The van der Waals surface area contributed by atoms with Crippen LogP contribution in [0.5, 0.6) is 0 Å². The predicted octanol–water partition coefficient (Wildman–Crippen LogP) is 2.96. The molecule has 1 saturated heterocycles. The molecule has 11 heteroatoms. The Morgan fingerprint density at radius 2 is 1.71 bits per heavy atom. The number of rotatable bonds is 6. The number of amides is 1. The molecule has 0 spiro atoms. The van der Waals surface area contributed by atoms with E-state index in [0.717, 1.165) is 61.7 Å². The molecule has 0 saturated carbocycles. The normalized spacial score (nSPS) is 14.3. The lowest BCUT2D eigenvalue weighted by Crippen LogP contribution is -2.49. The Morgan fingerprint density at radius 3 is 2.26 bits per heavy atom. The summed E-state index contributed by atoms with van der Waals surface area (Å²) < 4.78 is 5.73. The summed E-state index contributed by atoms with van der Waals surface area (Å²) in [4.78, 5) is 35.0. The molecular formula is C24H36N8O2S. The van der Waals surface area contributed by atoms with Crippen molar-refractivity contribution in [3.05, 3.63) is 22.8 Å². The second-order valence-corrected chi connectivity index (χ2v) is 9.73. The number of fused-ring (bicyclic) bond motifs is 1. The zero-order chi connectivity index (χ0) is 25.5. The van der Waals surface area contributed by atoms with Gasteiger partial charge in [-0.25, -0.2) is 19.9 Å². The van der Waals surface area contributed by atoms with Crippen LogP contribution in [0.3, 0.4) is 0 Å². The average Bonchev–Trinajstić information content (AvgIpc) is 3.16. The van der Waals surface area contributed by atoms with E-state index >= 15 is 0 Å². The minimum absolute atomic E-state index is 0.0450. The van der Waals surface area contributed by atoms with Crippen molar-refractivity contribution in [3.8, 4) is 11.4 Å². The Balaban J connectivity index is 0.000000623. The fourth-order valence-corrected chi connectivity index (χ4v) is 4.98. The minimum Gasteiger partial charge on any atom is -0.382 e. The van der Waals surface area contributed by atoms with Gasteiger partial charge in [-0.15, -0.1) is 11.3 Å². The van der Waals surface area contributed by atoms with Crippen LogP contribution in [-0.4, -0.2) is 75.0 Å². The lowest BCUT2D eigenvalue weighted by Gasteiger charge is -2.35. The molecule has 3 aromatic heterocycles. The van der Waals surface area contributed by atoms with Crippen molar-refractivity contribution >= 4 is 39.2 Å². The highest BCUT2D eigenvalue weighted by molar-refractivity contribution is 7.19. The Morgan fingerprint density at radius 1 is 1.09 bits per heavy atom. The number of anilines is 2. The molecule has 1 aliphatic heterocycles. The molecule has 35 heavy (non-hydrogen) atoms. The van der Waals surface area contributed by atoms with Crippen molar-refractivity contribution in [2.45, 2.75) is 41.2 Å². The van der Waals surface area contributed by atoms with Gasteiger partial charge >= 0.3 is 0 Å². The molecule has 0 radical (unpaired) electrons. The molecule has 3 aromatic rings. The molecule has 1 aliphatic rings. The number of aryl methyl sites for hydroxylation is 1. The van der Waals surface area contributed by atoms with Gasteiger partial charge in [-0.3, -0.25) is 9.69 Å². The predicted molar refractivity (Wildman–Crippen MR) is 141 cm³/mol. The maximum absolute atomic E-state index is 12.2. The molecule has 0 unspecified atom stereocenters. The second kappa shape index (κ2) is 12.2. The zero-order valence-electron chi connectivity index (χ0n) is 21.2. The summed E-state index contributed by atoms with van der Waals surface area (Å²) in [6.07, 6.45) is 3.20. The van der Waals surface area contributed by atoms with Crippen LogP contribution in [0.15, 0.2) is 12.4 Å². The molecule has 4 heterocycles. The fraction of sp³-hybridized carbons (Fsp3) is 0.542. The van der Waals surface area contributed by atoms with E-state index < -0.39 is 0 Å². The van der Waals surface area contributed by atoms with E-state index in [9.17, 15) is 4.79 Å². The van der Waals surface area contributed by atoms with Crippen LogP contribution in [0.25, 0.3) is 21.6 Å². The topological polar surface area (TPSA) is 136 Å². The Kier molecular flexibility index (Phi) is 9.30. The third-order valence-corrected chi connectivity index (χ3v) is 7.06. The first-order valence-corrected chi connectivity index (χ1v) is 12.8. The maximum Gasteiger partial charge on any atom is 0.225 e. The Bertz CT molecular complexity index is 1120. The van der Waals surface area contributed by atoms with E-state index in [1.54, 1.807) is 23.7 Å². The van der Waals surface area contributed by atoms with Gasteiger partial charge in [0.05, 0.1) is 15.8 Å².